The second-order valence-corrected chi connectivity index (χ2v) is 7.10. The average Bonchev–Trinajstić information content (AvgIpc) is 3.02. The zero-order valence-corrected chi connectivity index (χ0v) is 13.4. The lowest BCUT2D eigenvalue weighted by atomic mass is 9.84. The number of carboxylic acid groups (broad SMARTS) is 1. The largest absolute Gasteiger partial charge is 0.481 e. The third-order valence-corrected chi connectivity index (χ3v) is 5.83. The van der Waals surface area contributed by atoms with Crippen molar-refractivity contribution in [2.24, 2.45) is 17.8 Å². The highest BCUT2D eigenvalue weighted by Gasteiger charge is 2.51. The summed E-state index contributed by atoms with van der Waals surface area (Å²) in [7, 11) is 0. The van der Waals surface area contributed by atoms with E-state index in [1.807, 2.05) is 19.1 Å². The van der Waals surface area contributed by atoms with Crippen LogP contribution in [-0.2, 0) is 4.79 Å². The fraction of sp³-hybridized carbons (Fsp3) is 0.562. The minimum atomic E-state index is -0.666. The van der Waals surface area contributed by atoms with Crippen LogP contribution in [0.15, 0.2) is 18.2 Å². The molecule has 5 unspecified atom stereocenters. The van der Waals surface area contributed by atoms with E-state index in [9.17, 15) is 9.90 Å². The van der Waals surface area contributed by atoms with Gasteiger partial charge in [0.05, 0.1) is 16.0 Å². The van der Waals surface area contributed by atoms with Crippen molar-refractivity contribution in [3.63, 3.8) is 0 Å². The van der Waals surface area contributed by atoms with Gasteiger partial charge in [-0.25, -0.2) is 0 Å². The third-order valence-electron chi connectivity index (χ3n) is 5.09. The number of benzene rings is 1. The van der Waals surface area contributed by atoms with Gasteiger partial charge in [-0.2, -0.15) is 0 Å². The molecule has 114 valence electrons. The Morgan fingerprint density at radius 1 is 1.29 bits per heavy atom. The first-order valence-corrected chi connectivity index (χ1v) is 8.16. The molecule has 2 N–H and O–H groups in total. The van der Waals surface area contributed by atoms with Crippen LogP contribution in [0.2, 0.25) is 10.0 Å². The van der Waals surface area contributed by atoms with Crippen LogP contribution in [0.3, 0.4) is 0 Å². The van der Waals surface area contributed by atoms with Crippen molar-refractivity contribution in [3.05, 3.63) is 33.8 Å². The minimum Gasteiger partial charge on any atom is -0.481 e. The summed E-state index contributed by atoms with van der Waals surface area (Å²) in [6, 6.07) is 5.70. The van der Waals surface area contributed by atoms with Gasteiger partial charge < -0.3 is 10.4 Å². The SMILES string of the molecule is CC(NC1C2CCC(C2)C1C(=O)O)c1ccc(Cl)c(Cl)c1. The number of hydrogen-bond acceptors (Lipinski definition) is 2. The molecule has 2 fully saturated rings. The number of hydrogen-bond donors (Lipinski definition) is 2. The Morgan fingerprint density at radius 2 is 2.00 bits per heavy atom. The Bertz CT molecular complexity index is 563. The van der Waals surface area contributed by atoms with Crippen LogP contribution in [0, 0.1) is 17.8 Å². The minimum absolute atomic E-state index is 0.0608. The van der Waals surface area contributed by atoms with E-state index in [1.54, 1.807) is 6.07 Å². The molecule has 3 rings (SSSR count). The van der Waals surface area contributed by atoms with Crippen LogP contribution >= 0.6 is 23.2 Å². The van der Waals surface area contributed by atoms with Crippen molar-refractivity contribution < 1.29 is 9.90 Å². The average molecular weight is 328 g/mol. The first-order chi connectivity index (χ1) is 9.97. The lowest BCUT2D eigenvalue weighted by Crippen LogP contribution is -2.45. The Hall–Kier alpha value is -0.770. The van der Waals surface area contributed by atoms with Gasteiger partial charge in [-0.15, -0.1) is 0 Å². The number of carboxylic acids is 1. The maximum atomic E-state index is 11.5. The van der Waals surface area contributed by atoms with E-state index in [0.29, 0.717) is 21.9 Å². The predicted octanol–water partition coefficient (Wildman–Crippen LogP) is 4.14. The van der Waals surface area contributed by atoms with Crippen molar-refractivity contribution in [2.75, 3.05) is 0 Å². The summed E-state index contributed by atoms with van der Waals surface area (Å²) < 4.78 is 0. The van der Waals surface area contributed by atoms with Crippen LogP contribution in [0.4, 0.5) is 0 Å². The summed E-state index contributed by atoms with van der Waals surface area (Å²) in [6.07, 6.45) is 3.24. The zero-order chi connectivity index (χ0) is 15.1. The Balaban J connectivity index is 1.76. The van der Waals surface area contributed by atoms with Gasteiger partial charge in [-0.05, 0) is 55.7 Å². The molecule has 3 nitrogen and oxygen atoms in total. The number of halogens is 2. The van der Waals surface area contributed by atoms with E-state index in [-0.39, 0.29) is 18.0 Å². The standard InChI is InChI=1S/C16H19Cl2NO2/c1-8(9-4-5-12(17)13(18)7-9)19-15-11-3-2-10(6-11)14(15)16(20)21/h4-5,7-8,10-11,14-15,19H,2-3,6H2,1H3,(H,20,21). The number of fused-ring (bicyclic) bond motifs is 2. The quantitative estimate of drug-likeness (QED) is 0.873. The van der Waals surface area contributed by atoms with E-state index in [2.05, 4.69) is 5.32 Å². The van der Waals surface area contributed by atoms with Crippen molar-refractivity contribution in [2.45, 2.75) is 38.3 Å². The topological polar surface area (TPSA) is 49.3 Å². The Labute approximate surface area is 134 Å². The van der Waals surface area contributed by atoms with Gasteiger partial charge in [0.1, 0.15) is 0 Å². The monoisotopic (exact) mass is 327 g/mol. The van der Waals surface area contributed by atoms with Gasteiger partial charge in [0, 0.05) is 12.1 Å². The highest BCUT2D eigenvalue weighted by atomic mass is 35.5. The summed E-state index contributed by atoms with van der Waals surface area (Å²) in [4.78, 5) is 11.5. The zero-order valence-electron chi connectivity index (χ0n) is 11.9. The molecule has 0 aromatic heterocycles. The lowest BCUT2D eigenvalue weighted by molar-refractivity contribution is -0.144. The molecular weight excluding hydrogens is 309 g/mol. The van der Waals surface area contributed by atoms with E-state index in [4.69, 9.17) is 23.2 Å². The normalized spacial score (nSPS) is 32.3. The first-order valence-electron chi connectivity index (χ1n) is 7.41. The maximum absolute atomic E-state index is 11.5. The van der Waals surface area contributed by atoms with Crippen LogP contribution in [0.25, 0.3) is 0 Å². The molecule has 0 saturated heterocycles. The number of nitrogens with one attached hydrogen (secondary N) is 1. The smallest absolute Gasteiger partial charge is 0.308 e. The third kappa shape index (κ3) is 2.79. The Kier molecular flexibility index (Phi) is 4.17. The van der Waals surface area contributed by atoms with Crippen LogP contribution in [0.1, 0.15) is 37.8 Å². The molecule has 5 atom stereocenters. The summed E-state index contributed by atoms with van der Waals surface area (Å²) in [5.74, 6) is -0.0951. The van der Waals surface area contributed by atoms with Gasteiger partial charge in [-0.3, -0.25) is 4.79 Å². The molecule has 5 heteroatoms. The van der Waals surface area contributed by atoms with Crippen molar-refractivity contribution in [1.29, 1.82) is 0 Å². The molecule has 1 aromatic rings. The number of carbonyl (C=O) groups is 1. The molecule has 0 heterocycles. The van der Waals surface area contributed by atoms with Gasteiger partial charge in [0.15, 0.2) is 0 Å². The second-order valence-electron chi connectivity index (χ2n) is 6.28. The second kappa shape index (κ2) is 5.79. The summed E-state index contributed by atoms with van der Waals surface area (Å²) in [6.45, 7) is 2.05. The molecule has 21 heavy (non-hydrogen) atoms. The molecule has 2 aliphatic carbocycles. The summed E-state index contributed by atoms with van der Waals surface area (Å²) >= 11 is 12.0. The van der Waals surface area contributed by atoms with Crippen molar-refractivity contribution in [3.8, 4) is 0 Å². The molecule has 0 aliphatic heterocycles. The van der Waals surface area contributed by atoms with E-state index < -0.39 is 5.97 Å². The van der Waals surface area contributed by atoms with Crippen LogP contribution in [0.5, 0.6) is 0 Å². The van der Waals surface area contributed by atoms with Gasteiger partial charge in [-0.1, -0.05) is 29.3 Å². The summed E-state index contributed by atoms with van der Waals surface area (Å²) in [5.41, 5.74) is 1.04. The fourth-order valence-corrected chi connectivity index (χ4v) is 4.36. The molecule has 0 radical (unpaired) electrons. The van der Waals surface area contributed by atoms with E-state index in [1.165, 1.54) is 0 Å². The molecule has 2 saturated carbocycles. The van der Waals surface area contributed by atoms with Crippen LogP contribution in [-0.4, -0.2) is 17.1 Å². The molecule has 2 aliphatic rings. The Morgan fingerprint density at radius 3 is 2.67 bits per heavy atom. The number of aliphatic carboxylic acids is 1. The highest BCUT2D eigenvalue weighted by molar-refractivity contribution is 6.42. The first kappa shape index (κ1) is 15.1. The van der Waals surface area contributed by atoms with Crippen molar-refractivity contribution in [1.82, 2.24) is 5.32 Å². The maximum Gasteiger partial charge on any atom is 0.308 e. The molecule has 2 bridgehead atoms. The number of rotatable bonds is 4. The van der Waals surface area contributed by atoms with Gasteiger partial charge >= 0.3 is 5.97 Å². The van der Waals surface area contributed by atoms with E-state index >= 15 is 0 Å². The fourth-order valence-electron chi connectivity index (χ4n) is 4.05. The molecule has 0 spiro atoms. The van der Waals surface area contributed by atoms with Gasteiger partial charge in [0.25, 0.3) is 0 Å². The molecular formula is C16H19Cl2NO2. The van der Waals surface area contributed by atoms with Crippen LogP contribution < -0.4 is 5.32 Å². The van der Waals surface area contributed by atoms with Crippen molar-refractivity contribution >= 4 is 29.2 Å². The highest BCUT2D eigenvalue weighted by Crippen LogP contribution is 2.49. The molecule has 0 amide bonds. The predicted molar refractivity (Wildman–Crippen MR) is 83.8 cm³/mol. The van der Waals surface area contributed by atoms with Gasteiger partial charge in [0.2, 0.25) is 0 Å². The molecule has 1 aromatic carbocycles. The lowest BCUT2D eigenvalue weighted by Gasteiger charge is -2.31. The summed E-state index contributed by atoms with van der Waals surface area (Å²) in [5, 5.41) is 14.1. The van der Waals surface area contributed by atoms with E-state index in [0.717, 1.165) is 24.8 Å².